The molecule has 1 aromatic carbocycles. The molecule has 2 aromatic heterocycles. The van der Waals surface area contributed by atoms with E-state index in [-0.39, 0.29) is 16.6 Å². The fourth-order valence-corrected chi connectivity index (χ4v) is 3.89. The van der Waals surface area contributed by atoms with Gasteiger partial charge in [0.2, 0.25) is 5.78 Å². The first-order valence-electron chi connectivity index (χ1n) is 9.43. The lowest BCUT2D eigenvalue weighted by Crippen LogP contribution is -2.03. The first-order chi connectivity index (χ1) is 14.8. The molecule has 3 aromatic rings. The highest BCUT2D eigenvalue weighted by molar-refractivity contribution is 7.98. The minimum Gasteiger partial charge on any atom is -0.496 e. The Balaban J connectivity index is 1.78. The molecule has 0 unspecified atom stereocenters. The smallest absolute Gasteiger partial charge is 0.280 e. The molecule has 0 radical (unpaired) electrons. The summed E-state index contributed by atoms with van der Waals surface area (Å²) in [6.45, 7) is 3.49. The minimum absolute atomic E-state index is 0.150. The molecule has 2 heterocycles. The van der Waals surface area contributed by atoms with Crippen molar-refractivity contribution in [2.24, 2.45) is 7.05 Å². The van der Waals surface area contributed by atoms with Crippen LogP contribution in [0.1, 0.15) is 45.1 Å². The van der Waals surface area contributed by atoms with E-state index in [2.05, 4.69) is 15.1 Å². The van der Waals surface area contributed by atoms with E-state index in [4.69, 9.17) is 4.74 Å². The number of hydrogen-bond donors (Lipinski definition) is 0. The normalized spacial score (nSPS) is 11.5. The van der Waals surface area contributed by atoms with Crippen LogP contribution < -0.4 is 4.74 Å². The standard InChI is InChI=1S/C22H22F2N4O2S/c1-13-9-17(21(23)24)26-22(25-13)31-12-16-11-15(6-8-20(16)30-4)5-7-19(29)18-10-14(2)27-28(18)3/h5-11,21H,12H2,1-4H3. The van der Waals surface area contributed by atoms with Gasteiger partial charge in [-0.05, 0) is 49.8 Å². The first-order valence-corrected chi connectivity index (χ1v) is 10.4. The van der Waals surface area contributed by atoms with Crippen molar-refractivity contribution < 1.29 is 18.3 Å². The average molecular weight is 445 g/mol. The highest BCUT2D eigenvalue weighted by Crippen LogP contribution is 2.29. The van der Waals surface area contributed by atoms with Crippen LogP contribution >= 0.6 is 11.8 Å². The number of benzene rings is 1. The Kier molecular flexibility index (Phi) is 7.17. The predicted octanol–water partition coefficient (Wildman–Crippen LogP) is 4.96. The Morgan fingerprint density at radius 2 is 1.97 bits per heavy atom. The van der Waals surface area contributed by atoms with Gasteiger partial charge in [0.25, 0.3) is 6.43 Å². The molecule has 0 fully saturated rings. The van der Waals surface area contributed by atoms with E-state index >= 15 is 0 Å². The number of hydrogen-bond acceptors (Lipinski definition) is 6. The minimum atomic E-state index is -2.65. The average Bonchev–Trinajstić information content (AvgIpc) is 3.08. The third-order valence-corrected chi connectivity index (χ3v) is 5.32. The second kappa shape index (κ2) is 9.82. The zero-order valence-electron chi connectivity index (χ0n) is 17.6. The lowest BCUT2D eigenvalue weighted by molar-refractivity contribution is 0.103. The molecule has 6 nitrogen and oxygen atoms in total. The number of halogens is 2. The summed E-state index contributed by atoms with van der Waals surface area (Å²) in [7, 11) is 3.29. The number of rotatable bonds is 8. The van der Waals surface area contributed by atoms with Crippen LogP contribution in [0.4, 0.5) is 8.78 Å². The van der Waals surface area contributed by atoms with Crippen molar-refractivity contribution in [2.45, 2.75) is 31.2 Å². The molecule has 0 spiro atoms. The number of ketones is 1. The summed E-state index contributed by atoms with van der Waals surface area (Å²) in [5, 5.41) is 4.46. The van der Waals surface area contributed by atoms with Crippen LogP contribution in [0.3, 0.4) is 0 Å². The second-order valence-electron chi connectivity index (χ2n) is 6.87. The van der Waals surface area contributed by atoms with E-state index in [9.17, 15) is 13.6 Å². The fourth-order valence-electron chi connectivity index (χ4n) is 3.00. The number of aromatic nitrogens is 4. The third kappa shape index (κ3) is 5.75. The molecule has 0 bridgehead atoms. The van der Waals surface area contributed by atoms with Gasteiger partial charge in [0.1, 0.15) is 17.1 Å². The molecule has 0 aliphatic carbocycles. The maximum absolute atomic E-state index is 13.0. The quantitative estimate of drug-likeness (QED) is 0.212. The van der Waals surface area contributed by atoms with Crippen LogP contribution in [0.15, 0.2) is 41.6 Å². The van der Waals surface area contributed by atoms with Crippen molar-refractivity contribution in [3.05, 3.63) is 70.3 Å². The molecule has 0 saturated heterocycles. The fraction of sp³-hybridized carbons (Fsp3) is 0.273. The number of nitrogens with zero attached hydrogens (tertiary/aromatic N) is 4. The highest BCUT2D eigenvalue weighted by Gasteiger charge is 2.13. The number of aryl methyl sites for hydroxylation is 3. The number of ether oxygens (including phenoxy) is 1. The Bertz CT molecular complexity index is 1130. The molecule has 0 amide bonds. The molecule has 0 N–H and O–H groups in total. The van der Waals surface area contributed by atoms with Crippen LogP contribution in [0, 0.1) is 13.8 Å². The van der Waals surface area contributed by atoms with Crippen molar-refractivity contribution in [3.63, 3.8) is 0 Å². The molecule has 0 saturated carbocycles. The molecule has 0 atom stereocenters. The highest BCUT2D eigenvalue weighted by atomic mass is 32.2. The van der Waals surface area contributed by atoms with Gasteiger partial charge in [-0.15, -0.1) is 0 Å². The molecule has 9 heteroatoms. The second-order valence-corrected chi connectivity index (χ2v) is 7.81. The molecule has 0 aliphatic rings. The summed E-state index contributed by atoms with van der Waals surface area (Å²) in [5.41, 5.74) is 3.12. The summed E-state index contributed by atoms with van der Waals surface area (Å²) in [6, 6.07) is 8.53. The third-order valence-electron chi connectivity index (χ3n) is 4.42. The number of carbonyl (C=O) groups excluding carboxylic acids is 1. The Labute approximate surface area is 183 Å². The van der Waals surface area contributed by atoms with E-state index in [0.29, 0.717) is 22.9 Å². The maximum Gasteiger partial charge on any atom is 0.280 e. The van der Waals surface area contributed by atoms with Crippen LogP contribution in [0.2, 0.25) is 0 Å². The van der Waals surface area contributed by atoms with Gasteiger partial charge in [0.15, 0.2) is 5.16 Å². The van der Waals surface area contributed by atoms with Gasteiger partial charge in [0.05, 0.1) is 12.8 Å². The number of alkyl halides is 2. The molecular formula is C22H22F2N4O2S. The summed E-state index contributed by atoms with van der Waals surface area (Å²) in [4.78, 5) is 20.6. The Hall–Kier alpha value is -3.07. The van der Waals surface area contributed by atoms with Crippen LogP contribution in [-0.4, -0.2) is 32.6 Å². The van der Waals surface area contributed by atoms with Crippen molar-refractivity contribution in [1.82, 2.24) is 19.7 Å². The first kappa shape index (κ1) is 22.6. The maximum atomic E-state index is 13.0. The van der Waals surface area contributed by atoms with Gasteiger partial charge in [-0.2, -0.15) is 5.10 Å². The molecule has 31 heavy (non-hydrogen) atoms. The van der Waals surface area contributed by atoms with E-state index < -0.39 is 6.43 Å². The van der Waals surface area contributed by atoms with E-state index in [1.54, 1.807) is 44.0 Å². The lowest BCUT2D eigenvalue weighted by atomic mass is 10.1. The number of thioether (sulfide) groups is 1. The van der Waals surface area contributed by atoms with E-state index in [1.807, 2.05) is 19.1 Å². The summed E-state index contributed by atoms with van der Waals surface area (Å²) in [6.07, 6.45) is 0.564. The Morgan fingerprint density at radius 1 is 1.19 bits per heavy atom. The largest absolute Gasteiger partial charge is 0.496 e. The molecule has 162 valence electrons. The van der Waals surface area contributed by atoms with Crippen molar-refractivity contribution in [1.29, 1.82) is 0 Å². The van der Waals surface area contributed by atoms with Crippen molar-refractivity contribution in [2.75, 3.05) is 7.11 Å². The van der Waals surface area contributed by atoms with E-state index in [0.717, 1.165) is 16.8 Å². The monoisotopic (exact) mass is 444 g/mol. The lowest BCUT2D eigenvalue weighted by Gasteiger charge is -2.10. The summed E-state index contributed by atoms with van der Waals surface area (Å²) >= 11 is 1.25. The molecular weight excluding hydrogens is 422 g/mol. The van der Waals surface area contributed by atoms with Crippen LogP contribution in [-0.2, 0) is 12.8 Å². The van der Waals surface area contributed by atoms with Crippen LogP contribution in [0.5, 0.6) is 5.75 Å². The van der Waals surface area contributed by atoms with Gasteiger partial charge in [-0.25, -0.2) is 18.7 Å². The topological polar surface area (TPSA) is 69.9 Å². The van der Waals surface area contributed by atoms with Crippen molar-refractivity contribution >= 4 is 23.6 Å². The summed E-state index contributed by atoms with van der Waals surface area (Å²) < 4.78 is 33.0. The van der Waals surface area contributed by atoms with Gasteiger partial charge in [-0.1, -0.05) is 23.9 Å². The van der Waals surface area contributed by atoms with Crippen molar-refractivity contribution in [3.8, 4) is 5.75 Å². The predicted molar refractivity (Wildman–Crippen MR) is 116 cm³/mol. The number of methoxy groups -OCH3 is 1. The molecule has 3 rings (SSSR count). The molecule has 0 aliphatic heterocycles. The SMILES string of the molecule is COc1ccc(C=CC(=O)c2cc(C)nn2C)cc1CSc1nc(C)cc(C(F)F)n1. The van der Waals surface area contributed by atoms with Gasteiger partial charge in [0, 0.05) is 24.1 Å². The number of allylic oxidation sites excluding steroid dienone is 1. The zero-order valence-corrected chi connectivity index (χ0v) is 18.4. The Morgan fingerprint density at radius 3 is 2.61 bits per heavy atom. The van der Waals surface area contributed by atoms with E-state index in [1.165, 1.54) is 23.9 Å². The van der Waals surface area contributed by atoms with Crippen LogP contribution in [0.25, 0.3) is 6.08 Å². The van der Waals surface area contributed by atoms with Gasteiger partial charge < -0.3 is 4.74 Å². The zero-order chi connectivity index (χ0) is 22.5. The summed E-state index contributed by atoms with van der Waals surface area (Å²) in [5.74, 6) is 0.925. The van der Waals surface area contributed by atoms with Gasteiger partial charge in [-0.3, -0.25) is 9.48 Å². The van der Waals surface area contributed by atoms with Gasteiger partial charge >= 0.3 is 0 Å². The number of carbonyl (C=O) groups is 1.